The van der Waals surface area contributed by atoms with Crippen LogP contribution in [0.5, 0.6) is 11.5 Å². The van der Waals surface area contributed by atoms with E-state index in [0.717, 1.165) is 11.1 Å². The van der Waals surface area contributed by atoms with Crippen molar-refractivity contribution in [2.75, 3.05) is 12.0 Å². The van der Waals surface area contributed by atoms with Gasteiger partial charge in [0.25, 0.3) is 5.56 Å². The van der Waals surface area contributed by atoms with Crippen LogP contribution < -0.4 is 21.4 Å². The molecule has 0 aliphatic carbocycles. The number of hydrazone groups is 1. The van der Waals surface area contributed by atoms with Crippen LogP contribution in [0.15, 0.2) is 57.2 Å². The van der Waals surface area contributed by atoms with E-state index in [4.69, 9.17) is 4.74 Å². The summed E-state index contributed by atoms with van der Waals surface area (Å²) >= 11 is 0. The summed E-state index contributed by atoms with van der Waals surface area (Å²) in [5, 5.41) is 14.1. The molecule has 170 valence electrons. The van der Waals surface area contributed by atoms with Crippen LogP contribution in [0.4, 0.5) is 5.95 Å². The molecular formula is C23H24N6O4. The van der Waals surface area contributed by atoms with Gasteiger partial charge in [-0.2, -0.15) is 10.1 Å². The number of nitrogens with zero attached hydrogens (tertiary/aromatic N) is 4. The van der Waals surface area contributed by atoms with Crippen LogP contribution in [0.3, 0.4) is 0 Å². The number of ether oxygens (including phenoxy) is 1. The highest BCUT2D eigenvalue weighted by molar-refractivity contribution is 5.81. The second-order valence-corrected chi connectivity index (χ2v) is 7.53. The molecule has 0 atom stereocenters. The minimum absolute atomic E-state index is 0.0435. The maximum Gasteiger partial charge on any atom is 0.329 e. The molecule has 0 fully saturated rings. The maximum absolute atomic E-state index is 12.6. The van der Waals surface area contributed by atoms with Crippen LogP contribution in [0.1, 0.15) is 23.6 Å². The SMILES string of the molecule is CCOc1cc(C=NNc2nc3c(c(=O)[nH]c(=O)n3C)n2Cc2ccc(C)cc2)ccc1O. The molecule has 10 nitrogen and oxygen atoms in total. The molecule has 2 heterocycles. The third-order valence-corrected chi connectivity index (χ3v) is 5.13. The lowest BCUT2D eigenvalue weighted by molar-refractivity contribution is 0.318. The number of aromatic amines is 1. The fraction of sp³-hybridized carbons (Fsp3) is 0.217. The van der Waals surface area contributed by atoms with Crippen molar-refractivity contribution in [2.24, 2.45) is 12.1 Å². The van der Waals surface area contributed by atoms with Crippen molar-refractivity contribution in [3.63, 3.8) is 0 Å². The number of aromatic nitrogens is 4. The summed E-state index contributed by atoms with van der Waals surface area (Å²) < 4.78 is 8.36. The van der Waals surface area contributed by atoms with Gasteiger partial charge in [-0.1, -0.05) is 29.8 Å². The van der Waals surface area contributed by atoms with Crippen molar-refractivity contribution >= 4 is 23.3 Å². The highest BCUT2D eigenvalue weighted by atomic mass is 16.5. The first-order valence-electron chi connectivity index (χ1n) is 10.4. The number of benzene rings is 2. The van der Waals surface area contributed by atoms with E-state index in [1.54, 1.807) is 30.0 Å². The lowest BCUT2D eigenvalue weighted by Crippen LogP contribution is -2.29. The summed E-state index contributed by atoms with van der Waals surface area (Å²) in [6, 6.07) is 12.8. The van der Waals surface area contributed by atoms with E-state index < -0.39 is 11.2 Å². The number of imidazole rings is 1. The molecule has 0 aliphatic heterocycles. The number of nitrogens with one attached hydrogen (secondary N) is 2. The first-order chi connectivity index (χ1) is 15.9. The van der Waals surface area contributed by atoms with Gasteiger partial charge in [-0.3, -0.25) is 18.9 Å². The van der Waals surface area contributed by atoms with E-state index in [9.17, 15) is 14.7 Å². The molecule has 0 bridgehead atoms. The predicted octanol–water partition coefficient (Wildman–Crippen LogP) is 2.33. The van der Waals surface area contributed by atoms with E-state index >= 15 is 0 Å². The summed E-state index contributed by atoms with van der Waals surface area (Å²) in [6.45, 7) is 4.60. The lowest BCUT2D eigenvalue weighted by Gasteiger charge is -2.09. The van der Waals surface area contributed by atoms with Gasteiger partial charge in [-0.15, -0.1) is 0 Å². The Hall–Kier alpha value is -4.34. The van der Waals surface area contributed by atoms with Crippen molar-refractivity contribution in [1.29, 1.82) is 0 Å². The first-order valence-corrected chi connectivity index (χ1v) is 10.4. The minimum atomic E-state index is -0.546. The number of hydrogen-bond acceptors (Lipinski definition) is 7. The molecule has 0 amide bonds. The van der Waals surface area contributed by atoms with Crippen molar-refractivity contribution in [2.45, 2.75) is 20.4 Å². The molecule has 0 radical (unpaired) electrons. The number of H-pyrrole nitrogens is 1. The molecule has 0 saturated heterocycles. The van der Waals surface area contributed by atoms with Crippen molar-refractivity contribution in [3.8, 4) is 11.5 Å². The molecule has 0 saturated carbocycles. The number of aryl methyl sites for hydroxylation is 2. The quantitative estimate of drug-likeness (QED) is 0.294. The molecular weight excluding hydrogens is 424 g/mol. The van der Waals surface area contributed by atoms with Gasteiger partial charge in [0.15, 0.2) is 22.7 Å². The van der Waals surface area contributed by atoms with Crippen molar-refractivity contribution < 1.29 is 9.84 Å². The molecule has 0 unspecified atom stereocenters. The van der Waals surface area contributed by atoms with E-state index in [2.05, 4.69) is 20.5 Å². The van der Waals surface area contributed by atoms with Gasteiger partial charge in [-0.05, 0) is 43.2 Å². The Morgan fingerprint density at radius 1 is 1.21 bits per heavy atom. The number of rotatable bonds is 7. The Morgan fingerprint density at radius 3 is 2.70 bits per heavy atom. The first kappa shape index (κ1) is 21.9. The number of phenols is 1. The number of phenolic OH excluding ortho intramolecular Hbond substituents is 1. The average molecular weight is 448 g/mol. The Kier molecular flexibility index (Phi) is 5.99. The molecule has 10 heteroatoms. The second kappa shape index (κ2) is 9.03. The topological polar surface area (TPSA) is 127 Å². The summed E-state index contributed by atoms with van der Waals surface area (Å²) in [5.74, 6) is 0.703. The van der Waals surface area contributed by atoms with E-state index in [1.807, 2.05) is 38.1 Å². The zero-order chi connectivity index (χ0) is 23.5. The van der Waals surface area contributed by atoms with Crippen molar-refractivity contribution in [3.05, 3.63) is 80.0 Å². The van der Waals surface area contributed by atoms with Gasteiger partial charge in [-0.25, -0.2) is 10.2 Å². The van der Waals surface area contributed by atoms with Crippen LogP contribution in [0.25, 0.3) is 11.2 Å². The number of hydrogen-bond donors (Lipinski definition) is 3. The van der Waals surface area contributed by atoms with Crippen LogP contribution in [0.2, 0.25) is 0 Å². The highest BCUT2D eigenvalue weighted by Crippen LogP contribution is 2.26. The van der Waals surface area contributed by atoms with Gasteiger partial charge in [0.1, 0.15) is 0 Å². The molecule has 3 N–H and O–H groups in total. The fourth-order valence-corrected chi connectivity index (χ4v) is 3.40. The van der Waals surface area contributed by atoms with E-state index in [1.165, 1.54) is 10.6 Å². The molecule has 0 spiro atoms. The summed E-state index contributed by atoms with van der Waals surface area (Å²) in [5.41, 5.74) is 5.08. The standard InChI is InChI=1S/C23H24N6O4/c1-4-33-18-11-16(9-10-17(18)30)12-24-27-22-25-20-19(21(31)26-23(32)28(20)3)29(22)13-15-7-5-14(2)6-8-15/h5-12,30H,4,13H2,1-3H3,(H,25,27)(H,26,31,32). The fourth-order valence-electron chi connectivity index (χ4n) is 3.40. The smallest absolute Gasteiger partial charge is 0.329 e. The number of anilines is 1. The van der Waals surface area contributed by atoms with Crippen LogP contribution >= 0.6 is 0 Å². The zero-order valence-corrected chi connectivity index (χ0v) is 18.5. The van der Waals surface area contributed by atoms with E-state index in [0.29, 0.717) is 30.4 Å². The van der Waals surface area contributed by atoms with Crippen LogP contribution in [-0.4, -0.2) is 37.0 Å². The summed E-state index contributed by atoms with van der Waals surface area (Å²) in [6.07, 6.45) is 1.54. The van der Waals surface area contributed by atoms with Crippen LogP contribution in [0, 0.1) is 6.92 Å². The number of aromatic hydroxyl groups is 1. The normalized spacial score (nSPS) is 11.4. The monoisotopic (exact) mass is 448 g/mol. The maximum atomic E-state index is 12.6. The summed E-state index contributed by atoms with van der Waals surface area (Å²) in [4.78, 5) is 31.5. The van der Waals surface area contributed by atoms with Crippen LogP contribution in [-0.2, 0) is 13.6 Å². The Labute approximate surface area is 188 Å². The largest absolute Gasteiger partial charge is 0.504 e. The summed E-state index contributed by atoms with van der Waals surface area (Å²) in [7, 11) is 1.54. The zero-order valence-electron chi connectivity index (χ0n) is 18.5. The second-order valence-electron chi connectivity index (χ2n) is 7.53. The van der Waals surface area contributed by atoms with Gasteiger partial charge in [0.05, 0.1) is 19.4 Å². The Morgan fingerprint density at radius 2 is 1.97 bits per heavy atom. The lowest BCUT2D eigenvalue weighted by atomic mass is 10.1. The average Bonchev–Trinajstić information content (AvgIpc) is 3.15. The molecule has 4 rings (SSSR count). The van der Waals surface area contributed by atoms with Gasteiger partial charge < -0.3 is 9.84 Å². The molecule has 0 aliphatic rings. The molecule has 2 aromatic heterocycles. The van der Waals surface area contributed by atoms with Gasteiger partial charge >= 0.3 is 5.69 Å². The third kappa shape index (κ3) is 4.49. The molecule has 4 aromatic rings. The van der Waals surface area contributed by atoms with Gasteiger partial charge in [0.2, 0.25) is 5.95 Å². The third-order valence-electron chi connectivity index (χ3n) is 5.13. The Balaban J connectivity index is 1.72. The Bertz CT molecular complexity index is 1450. The number of fused-ring (bicyclic) bond motifs is 1. The van der Waals surface area contributed by atoms with E-state index in [-0.39, 0.29) is 16.9 Å². The van der Waals surface area contributed by atoms with Crippen molar-refractivity contribution in [1.82, 2.24) is 19.1 Å². The molecule has 33 heavy (non-hydrogen) atoms. The highest BCUT2D eigenvalue weighted by Gasteiger charge is 2.17. The molecule has 2 aromatic carbocycles. The van der Waals surface area contributed by atoms with Gasteiger partial charge in [0, 0.05) is 7.05 Å². The predicted molar refractivity (Wildman–Crippen MR) is 126 cm³/mol. The minimum Gasteiger partial charge on any atom is -0.504 e.